The van der Waals surface area contributed by atoms with Crippen LogP contribution in [0.25, 0.3) is 10.6 Å². The van der Waals surface area contributed by atoms with Crippen molar-refractivity contribution in [3.63, 3.8) is 0 Å². The molecule has 1 aromatic heterocycles. The van der Waals surface area contributed by atoms with Gasteiger partial charge in [-0.2, -0.15) is 0 Å². The molecule has 20 heavy (non-hydrogen) atoms. The van der Waals surface area contributed by atoms with Gasteiger partial charge in [0.1, 0.15) is 5.01 Å². The molecule has 0 radical (unpaired) electrons. The van der Waals surface area contributed by atoms with Crippen LogP contribution in [0, 0.1) is 6.92 Å². The van der Waals surface area contributed by atoms with Crippen LogP contribution >= 0.6 is 11.3 Å². The number of thiazole rings is 1. The summed E-state index contributed by atoms with van der Waals surface area (Å²) in [6.07, 6.45) is 1.84. The van der Waals surface area contributed by atoms with Gasteiger partial charge in [-0.3, -0.25) is 4.90 Å². The number of rotatable bonds is 3. The zero-order valence-electron chi connectivity index (χ0n) is 11.7. The fraction of sp³-hybridized carbons (Fsp3) is 0.438. The number of hydrogen-bond acceptors (Lipinski definition) is 4. The van der Waals surface area contributed by atoms with Crippen LogP contribution in [-0.4, -0.2) is 34.2 Å². The molecular formula is C16H20N2OS. The van der Waals surface area contributed by atoms with Gasteiger partial charge in [0, 0.05) is 24.0 Å². The summed E-state index contributed by atoms with van der Waals surface area (Å²) in [5, 5.41) is 12.9. The van der Waals surface area contributed by atoms with E-state index in [9.17, 15) is 5.11 Å². The van der Waals surface area contributed by atoms with E-state index < -0.39 is 0 Å². The number of nitrogens with zero attached hydrogens (tertiary/aromatic N) is 2. The maximum Gasteiger partial charge on any atom is 0.123 e. The molecule has 0 spiro atoms. The van der Waals surface area contributed by atoms with Gasteiger partial charge >= 0.3 is 0 Å². The third-order valence-corrected chi connectivity index (χ3v) is 4.66. The van der Waals surface area contributed by atoms with Crippen LogP contribution < -0.4 is 0 Å². The summed E-state index contributed by atoms with van der Waals surface area (Å²) in [5.74, 6) is 0. The van der Waals surface area contributed by atoms with Gasteiger partial charge in [-0.05, 0) is 26.3 Å². The summed E-state index contributed by atoms with van der Waals surface area (Å²) in [6, 6.07) is 8.50. The Hall–Kier alpha value is -1.23. The van der Waals surface area contributed by atoms with Gasteiger partial charge in [0.2, 0.25) is 0 Å². The standard InChI is InChI=1S/C16H20N2OS/c1-12-4-6-13(7-5-12)16-17-14(11-20-16)9-18-8-2-3-15(19)10-18/h4-7,11,15,19H,2-3,8-10H2,1H3. The molecule has 1 N–H and O–H groups in total. The maximum atomic E-state index is 9.71. The van der Waals surface area contributed by atoms with Crippen molar-refractivity contribution in [2.24, 2.45) is 0 Å². The highest BCUT2D eigenvalue weighted by atomic mass is 32.1. The lowest BCUT2D eigenvalue weighted by Crippen LogP contribution is -2.37. The molecule has 2 heterocycles. The van der Waals surface area contributed by atoms with Gasteiger partial charge in [-0.15, -0.1) is 11.3 Å². The third-order valence-electron chi connectivity index (χ3n) is 3.72. The molecule has 1 aliphatic rings. The van der Waals surface area contributed by atoms with E-state index in [4.69, 9.17) is 4.98 Å². The second-order valence-corrected chi connectivity index (χ2v) is 6.40. The first-order chi connectivity index (χ1) is 9.70. The van der Waals surface area contributed by atoms with Crippen LogP contribution in [0.4, 0.5) is 0 Å². The Morgan fingerprint density at radius 1 is 1.35 bits per heavy atom. The number of likely N-dealkylation sites (tertiary alicyclic amines) is 1. The van der Waals surface area contributed by atoms with E-state index >= 15 is 0 Å². The van der Waals surface area contributed by atoms with Crippen molar-refractivity contribution < 1.29 is 5.11 Å². The Morgan fingerprint density at radius 2 is 2.15 bits per heavy atom. The third kappa shape index (κ3) is 3.26. The van der Waals surface area contributed by atoms with Crippen molar-refractivity contribution >= 4 is 11.3 Å². The van der Waals surface area contributed by atoms with Crippen molar-refractivity contribution in [1.82, 2.24) is 9.88 Å². The van der Waals surface area contributed by atoms with E-state index in [0.29, 0.717) is 0 Å². The zero-order valence-corrected chi connectivity index (χ0v) is 12.6. The van der Waals surface area contributed by atoms with Gasteiger partial charge in [0.25, 0.3) is 0 Å². The lowest BCUT2D eigenvalue weighted by atomic mass is 10.1. The second-order valence-electron chi connectivity index (χ2n) is 5.54. The SMILES string of the molecule is Cc1ccc(-c2nc(CN3CCCC(O)C3)cs2)cc1. The molecular weight excluding hydrogens is 268 g/mol. The normalized spacial score (nSPS) is 20.2. The van der Waals surface area contributed by atoms with Crippen LogP contribution in [0.5, 0.6) is 0 Å². The number of hydrogen-bond donors (Lipinski definition) is 1. The zero-order chi connectivity index (χ0) is 13.9. The predicted molar refractivity (Wildman–Crippen MR) is 82.8 cm³/mol. The maximum absolute atomic E-state index is 9.71. The topological polar surface area (TPSA) is 36.4 Å². The Kier molecular flexibility index (Phi) is 4.15. The fourth-order valence-electron chi connectivity index (χ4n) is 2.61. The van der Waals surface area contributed by atoms with Crippen molar-refractivity contribution in [2.75, 3.05) is 13.1 Å². The van der Waals surface area contributed by atoms with E-state index in [1.807, 2.05) is 0 Å². The largest absolute Gasteiger partial charge is 0.392 e. The number of aryl methyl sites for hydroxylation is 1. The molecule has 0 saturated carbocycles. The molecule has 1 unspecified atom stereocenters. The number of aliphatic hydroxyl groups excluding tert-OH is 1. The summed E-state index contributed by atoms with van der Waals surface area (Å²) in [7, 11) is 0. The summed E-state index contributed by atoms with van der Waals surface area (Å²) < 4.78 is 0. The molecule has 1 saturated heterocycles. The lowest BCUT2D eigenvalue weighted by molar-refractivity contribution is 0.0663. The minimum atomic E-state index is -0.168. The molecule has 0 bridgehead atoms. The van der Waals surface area contributed by atoms with Crippen LogP contribution in [0.3, 0.4) is 0 Å². The number of aromatic nitrogens is 1. The fourth-order valence-corrected chi connectivity index (χ4v) is 3.43. The van der Waals surface area contributed by atoms with E-state index in [-0.39, 0.29) is 6.10 Å². The second kappa shape index (κ2) is 6.04. The van der Waals surface area contributed by atoms with Crippen LogP contribution in [-0.2, 0) is 6.54 Å². The first-order valence-corrected chi connectivity index (χ1v) is 8.00. The molecule has 1 aliphatic heterocycles. The predicted octanol–water partition coefficient (Wildman–Crippen LogP) is 3.08. The molecule has 3 nitrogen and oxygen atoms in total. The van der Waals surface area contributed by atoms with Crippen molar-refractivity contribution in [2.45, 2.75) is 32.4 Å². The van der Waals surface area contributed by atoms with E-state index in [0.717, 1.165) is 43.2 Å². The molecule has 2 aromatic rings. The molecule has 1 fully saturated rings. The molecule has 1 atom stereocenters. The number of piperidine rings is 1. The van der Waals surface area contributed by atoms with E-state index in [1.165, 1.54) is 11.1 Å². The monoisotopic (exact) mass is 288 g/mol. The Labute approximate surface area is 123 Å². The van der Waals surface area contributed by atoms with Crippen LogP contribution in [0.1, 0.15) is 24.1 Å². The van der Waals surface area contributed by atoms with E-state index in [1.54, 1.807) is 11.3 Å². The van der Waals surface area contributed by atoms with Crippen LogP contribution in [0.2, 0.25) is 0 Å². The van der Waals surface area contributed by atoms with Gasteiger partial charge < -0.3 is 5.11 Å². The number of aliphatic hydroxyl groups is 1. The van der Waals surface area contributed by atoms with Crippen molar-refractivity contribution in [3.8, 4) is 10.6 Å². The number of β-amino-alcohol motifs (C(OH)–C–C–N with tert-alkyl or cyclic N) is 1. The lowest BCUT2D eigenvalue weighted by Gasteiger charge is -2.29. The van der Waals surface area contributed by atoms with Gasteiger partial charge in [-0.1, -0.05) is 29.8 Å². The highest BCUT2D eigenvalue weighted by Gasteiger charge is 2.18. The van der Waals surface area contributed by atoms with Crippen LogP contribution in [0.15, 0.2) is 29.6 Å². The Balaban J connectivity index is 1.69. The average Bonchev–Trinajstić information content (AvgIpc) is 2.88. The first-order valence-electron chi connectivity index (χ1n) is 7.12. The smallest absolute Gasteiger partial charge is 0.123 e. The number of benzene rings is 1. The van der Waals surface area contributed by atoms with Gasteiger partial charge in [0.05, 0.1) is 11.8 Å². The van der Waals surface area contributed by atoms with Crippen molar-refractivity contribution in [1.29, 1.82) is 0 Å². The average molecular weight is 288 g/mol. The van der Waals surface area contributed by atoms with Gasteiger partial charge in [0.15, 0.2) is 0 Å². The van der Waals surface area contributed by atoms with E-state index in [2.05, 4.69) is 41.5 Å². The quantitative estimate of drug-likeness (QED) is 0.943. The Bertz CT molecular complexity index is 564. The summed E-state index contributed by atoms with van der Waals surface area (Å²) >= 11 is 1.70. The van der Waals surface area contributed by atoms with Crippen molar-refractivity contribution in [3.05, 3.63) is 40.9 Å². The highest BCUT2D eigenvalue weighted by molar-refractivity contribution is 7.13. The highest BCUT2D eigenvalue weighted by Crippen LogP contribution is 2.25. The molecule has 0 amide bonds. The molecule has 106 valence electrons. The summed E-state index contributed by atoms with van der Waals surface area (Å²) in [5.41, 5.74) is 3.57. The molecule has 1 aromatic carbocycles. The summed E-state index contributed by atoms with van der Waals surface area (Å²) in [4.78, 5) is 7.02. The first kappa shape index (κ1) is 13.7. The molecule has 0 aliphatic carbocycles. The minimum Gasteiger partial charge on any atom is -0.392 e. The minimum absolute atomic E-state index is 0.168. The Morgan fingerprint density at radius 3 is 2.90 bits per heavy atom. The van der Waals surface area contributed by atoms with Gasteiger partial charge in [-0.25, -0.2) is 4.98 Å². The molecule has 3 rings (SSSR count). The summed E-state index contributed by atoms with van der Waals surface area (Å²) in [6.45, 7) is 4.78. The molecule has 4 heteroatoms.